The maximum Gasteiger partial charge on any atom is 0.251 e. The van der Waals surface area contributed by atoms with Crippen LogP contribution in [0.5, 0.6) is 0 Å². The van der Waals surface area contributed by atoms with Crippen molar-refractivity contribution in [2.24, 2.45) is 0 Å². The Hall–Kier alpha value is -2.11. The van der Waals surface area contributed by atoms with Gasteiger partial charge in [-0.2, -0.15) is 0 Å². The molecule has 0 saturated carbocycles. The van der Waals surface area contributed by atoms with Gasteiger partial charge in [-0.05, 0) is 37.3 Å². The Balaban J connectivity index is 2.38. The summed E-state index contributed by atoms with van der Waals surface area (Å²) in [6.07, 6.45) is 0. The number of amides is 1. The van der Waals surface area contributed by atoms with Crippen molar-refractivity contribution < 1.29 is 10.0 Å². The van der Waals surface area contributed by atoms with Gasteiger partial charge in [0, 0.05) is 11.6 Å². The highest BCUT2D eigenvalue weighted by atomic mass is 16.5. The van der Waals surface area contributed by atoms with Gasteiger partial charge in [-0.3, -0.25) is 4.79 Å². The molecule has 0 spiro atoms. The zero-order chi connectivity index (χ0) is 11.7. The number of carbonyl (C=O) groups is 1. The van der Waals surface area contributed by atoms with Crippen molar-refractivity contribution in [2.45, 2.75) is 19.9 Å². The lowest BCUT2D eigenvalue weighted by molar-refractivity contribution is 0.0943. The molecule has 6 heteroatoms. The molecule has 1 aromatic heterocycles. The Morgan fingerprint density at radius 1 is 1.50 bits per heavy atom. The van der Waals surface area contributed by atoms with Gasteiger partial charge in [0.05, 0.1) is 0 Å². The molecule has 1 amide bonds. The maximum absolute atomic E-state index is 11.7. The van der Waals surface area contributed by atoms with Crippen LogP contribution in [0.3, 0.4) is 0 Å². The number of nitrogens with zero attached hydrogens (tertiary/aromatic N) is 3. The van der Waals surface area contributed by atoms with E-state index >= 15 is 0 Å². The maximum atomic E-state index is 11.7. The van der Waals surface area contributed by atoms with Crippen LogP contribution in [0.2, 0.25) is 0 Å². The number of fused-ring (bicyclic) bond motifs is 1. The first-order valence-electron chi connectivity index (χ1n) is 4.93. The number of benzene rings is 1. The first-order valence-corrected chi connectivity index (χ1v) is 4.93. The molecule has 2 rings (SSSR count). The van der Waals surface area contributed by atoms with E-state index in [9.17, 15) is 10.0 Å². The summed E-state index contributed by atoms with van der Waals surface area (Å²) in [5, 5.41) is 19.2. The van der Waals surface area contributed by atoms with Crippen LogP contribution in [0, 0.1) is 0 Å². The van der Waals surface area contributed by atoms with Gasteiger partial charge < -0.3 is 10.5 Å². The van der Waals surface area contributed by atoms with Crippen LogP contribution < -0.4 is 5.32 Å². The van der Waals surface area contributed by atoms with Crippen LogP contribution in [-0.2, 0) is 0 Å². The first-order chi connectivity index (χ1) is 7.58. The number of nitrogens with one attached hydrogen (secondary N) is 1. The molecule has 1 heterocycles. The largest absolute Gasteiger partial charge is 0.410 e. The number of aromatic nitrogens is 3. The third-order valence-electron chi connectivity index (χ3n) is 2.11. The monoisotopic (exact) mass is 220 g/mol. The van der Waals surface area contributed by atoms with Gasteiger partial charge in [-0.25, -0.2) is 0 Å². The predicted octanol–water partition coefficient (Wildman–Crippen LogP) is 0.807. The van der Waals surface area contributed by atoms with E-state index in [0.717, 1.165) is 0 Å². The Labute approximate surface area is 91.8 Å². The first kappa shape index (κ1) is 10.4. The van der Waals surface area contributed by atoms with E-state index < -0.39 is 0 Å². The van der Waals surface area contributed by atoms with Crippen molar-refractivity contribution in [2.75, 3.05) is 0 Å². The Morgan fingerprint density at radius 3 is 2.94 bits per heavy atom. The standard InChI is InChI=1S/C10H12N4O2/c1-6(2)11-10(15)7-3-4-8-9(5-7)14(16)13-12-8/h3-6,16H,1-2H3,(H,11,15). The fourth-order valence-electron chi connectivity index (χ4n) is 1.39. The SMILES string of the molecule is CC(C)NC(=O)c1ccc2nnn(O)c2c1. The third-order valence-corrected chi connectivity index (χ3v) is 2.11. The van der Waals surface area contributed by atoms with Gasteiger partial charge in [0.25, 0.3) is 5.91 Å². The third kappa shape index (κ3) is 1.81. The molecule has 0 atom stereocenters. The van der Waals surface area contributed by atoms with Crippen LogP contribution in [-0.4, -0.2) is 32.3 Å². The quantitative estimate of drug-likeness (QED) is 0.734. The van der Waals surface area contributed by atoms with Crippen molar-refractivity contribution in [3.8, 4) is 0 Å². The summed E-state index contributed by atoms with van der Waals surface area (Å²) >= 11 is 0. The number of rotatable bonds is 2. The lowest BCUT2D eigenvalue weighted by Crippen LogP contribution is -2.30. The van der Waals surface area contributed by atoms with E-state index in [2.05, 4.69) is 15.6 Å². The average Bonchev–Trinajstić information content (AvgIpc) is 2.59. The fraction of sp³-hybridized carbons (Fsp3) is 0.300. The van der Waals surface area contributed by atoms with E-state index in [0.29, 0.717) is 21.4 Å². The summed E-state index contributed by atoms with van der Waals surface area (Å²) in [7, 11) is 0. The molecule has 2 aromatic rings. The topological polar surface area (TPSA) is 80.0 Å². The Kier molecular flexibility index (Phi) is 2.47. The second-order valence-corrected chi connectivity index (χ2v) is 3.81. The molecule has 16 heavy (non-hydrogen) atoms. The van der Waals surface area contributed by atoms with Crippen LogP contribution >= 0.6 is 0 Å². The van der Waals surface area contributed by atoms with E-state index in [-0.39, 0.29) is 11.9 Å². The number of carbonyl (C=O) groups excluding carboxylic acids is 1. The highest BCUT2D eigenvalue weighted by Crippen LogP contribution is 2.12. The van der Waals surface area contributed by atoms with Crippen LogP contribution in [0.1, 0.15) is 24.2 Å². The summed E-state index contributed by atoms with van der Waals surface area (Å²) in [6, 6.07) is 4.91. The smallest absolute Gasteiger partial charge is 0.251 e. The lowest BCUT2D eigenvalue weighted by Gasteiger charge is -2.07. The molecule has 0 unspecified atom stereocenters. The molecule has 0 saturated heterocycles. The van der Waals surface area contributed by atoms with Gasteiger partial charge in [0.2, 0.25) is 0 Å². The van der Waals surface area contributed by atoms with E-state index in [1.807, 2.05) is 13.8 Å². The van der Waals surface area contributed by atoms with Crippen LogP contribution in [0.4, 0.5) is 0 Å². The van der Waals surface area contributed by atoms with Crippen molar-refractivity contribution in [3.05, 3.63) is 23.8 Å². The molecule has 0 bridgehead atoms. The second-order valence-electron chi connectivity index (χ2n) is 3.81. The Morgan fingerprint density at radius 2 is 2.25 bits per heavy atom. The minimum Gasteiger partial charge on any atom is -0.410 e. The molecule has 1 aromatic carbocycles. The summed E-state index contributed by atoms with van der Waals surface area (Å²) < 4.78 is 0. The molecule has 0 aliphatic carbocycles. The average molecular weight is 220 g/mol. The fourth-order valence-corrected chi connectivity index (χ4v) is 1.39. The highest BCUT2D eigenvalue weighted by molar-refractivity contribution is 5.97. The minimum absolute atomic E-state index is 0.0698. The van der Waals surface area contributed by atoms with Gasteiger partial charge in [0.15, 0.2) is 0 Å². The zero-order valence-corrected chi connectivity index (χ0v) is 9.01. The molecule has 0 fully saturated rings. The molecule has 0 aliphatic heterocycles. The molecule has 0 radical (unpaired) electrons. The van der Waals surface area contributed by atoms with Crippen molar-refractivity contribution in [1.29, 1.82) is 0 Å². The molecule has 0 aliphatic rings. The van der Waals surface area contributed by atoms with Gasteiger partial charge >= 0.3 is 0 Å². The minimum atomic E-state index is -0.182. The van der Waals surface area contributed by atoms with Crippen molar-refractivity contribution in [1.82, 2.24) is 20.5 Å². The molecule has 6 nitrogen and oxygen atoms in total. The summed E-state index contributed by atoms with van der Waals surface area (Å²) in [4.78, 5) is 12.3. The van der Waals surface area contributed by atoms with E-state index in [1.54, 1.807) is 18.2 Å². The van der Waals surface area contributed by atoms with Gasteiger partial charge in [0.1, 0.15) is 11.0 Å². The van der Waals surface area contributed by atoms with Crippen molar-refractivity contribution >= 4 is 16.9 Å². The summed E-state index contributed by atoms with van der Waals surface area (Å²) in [6.45, 7) is 3.77. The van der Waals surface area contributed by atoms with Crippen LogP contribution in [0.25, 0.3) is 11.0 Å². The molecular formula is C10H12N4O2. The molecule has 2 N–H and O–H groups in total. The second kappa shape index (κ2) is 3.80. The number of hydrogen-bond donors (Lipinski definition) is 2. The summed E-state index contributed by atoms with van der Waals surface area (Å²) in [5.74, 6) is -0.182. The molecular weight excluding hydrogens is 208 g/mol. The Bertz CT molecular complexity index is 533. The molecule has 84 valence electrons. The zero-order valence-electron chi connectivity index (χ0n) is 9.01. The van der Waals surface area contributed by atoms with Crippen molar-refractivity contribution in [3.63, 3.8) is 0 Å². The van der Waals surface area contributed by atoms with Gasteiger partial charge in [-0.15, -0.1) is 5.10 Å². The lowest BCUT2D eigenvalue weighted by atomic mass is 10.2. The van der Waals surface area contributed by atoms with E-state index in [4.69, 9.17) is 0 Å². The predicted molar refractivity (Wildman–Crippen MR) is 57.3 cm³/mol. The van der Waals surface area contributed by atoms with Crippen LogP contribution in [0.15, 0.2) is 18.2 Å². The van der Waals surface area contributed by atoms with Gasteiger partial charge in [-0.1, -0.05) is 4.85 Å². The summed E-state index contributed by atoms with van der Waals surface area (Å²) in [5.41, 5.74) is 1.43. The highest BCUT2D eigenvalue weighted by Gasteiger charge is 2.10. The normalized spacial score (nSPS) is 10.9. The van der Waals surface area contributed by atoms with E-state index in [1.165, 1.54) is 0 Å². The number of hydrogen-bond acceptors (Lipinski definition) is 4.